The number of hydrogen-bond acceptors (Lipinski definition) is 4. The standard InChI is InChI=1S/C19H23ClN4O3/c1-23-17(11-16(22-23)13-3-5-15(20)6-4-13)21-18(25)12-24-9-7-14(8-10-24)19(26)27-2/h3-6,11,14H,7-10,12H2,1-2H3,(H,21,25)/p+1. The molecule has 1 aromatic carbocycles. The number of aryl methyl sites for hydroxylation is 1. The first kappa shape index (κ1) is 19.4. The zero-order valence-electron chi connectivity index (χ0n) is 15.5. The number of halogens is 1. The van der Waals surface area contributed by atoms with E-state index in [0.717, 1.165) is 37.2 Å². The zero-order chi connectivity index (χ0) is 19.4. The molecule has 0 atom stereocenters. The molecule has 1 fully saturated rings. The van der Waals surface area contributed by atoms with Gasteiger partial charge in [0.15, 0.2) is 6.54 Å². The van der Waals surface area contributed by atoms with Crippen LogP contribution in [0.4, 0.5) is 5.82 Å². The lowest BCUT2D eigenvalue weighted by molar-refractivity contribution is -0.897. The summed E-state index contributed by atoms with van der Waals surface area (Å²) < 4.78 is 6.45. The summed E-state index contributed by atoms with van der Waals surface area (Å²) in [6, 6.07) is 9.26. The van der Waals surface area contributed by atoms with Crippen molar-refractivity contribution in [3.05, 3.63) is 35.4 Å². The van der Waals surface area contributed by atoms with Crippen LogP contribution in [0.25, 0.3) is 11.3 Å². The molecule has 7 nitrogen and oxygen atoms in total. The summed E-state index contributed by atoms with van der Waals surface area (Å²) in [5.41, 5.74) is 1.71. The lowest BCUT2D eigenvalue weighted by Gasteiger charge is -2.27. The van der Waals surface area contributed by atoms with E-state index < -0.39 is 0 Å². The molecule has 0 saturated carbocycles. The number of likely N-dealkylation sites (tertiary alicyclic amines) is 1. The molecule has 0 spiro atoms. The van der Waals surface area contributed by atoms with Crippen molar-refractivity contribution in [2.24, 2.45) is 13.0 Å². The number of aromatic nitrogens is 2. The normalized spacial score (nSPS) is 19.5. The van der Waals surface area contributed by atoms with Crippen LogP contribution in [0.5, 0.6) is 0 Å². The van der Waals surface area contributed by atoms with Crippen molar-refractivity contribution in [1.29, 1.82) is 0 Å². The van der Waals surface area contributed by atoms with Gasteiger partial charge in [0.1, 0.15) is 5.82 Å². The van der Waals surface area contributed by atoms with Crippen LogP contribution in [0.2, 0.25) is 5.02 Å². The minimum atomic E-state index is -0.150. The summed E-state index contributed by atoms with van der Waals surface area (Å²) in [6.45, 7) is 1.94. The number of anilines is 1. The smallest absolute Gasteiger partial charge is 0.309 e. The first-order valence-electron chi connectivity index (χ1n) is 8.97. The molecule has 1 aliphatic rings. The van der Waals surface area contributed by atoms with E-state index in [1.807, 2.05) is 30.3 Å². The number of quaternary nitrogens is 1. The molecule has 1 saturated heterocycles. The highest BCUT2D eigenvalue weighted by Crippen LogP contribution is 2.23. The molecule has 1 aromatic heterocycles. The molecule has 3 rings (SSSR count). The molecular weight excluding hydrogens is 368 g/mol. The third kappa shape index (κ3) is 4.87. The molecule has 0 radical (unpaired) electrons. The molecule has 1 aliphatic heterocycles. The van der Waals surface area contributed by atoms with Gasteiger partial charge in [0, 0.05) is 36.5 Å². The topological polar surface area (TPSA) is 77.7 Å². The van der Waals surface area contributed by atoms with Gasteiger partial charge in [-0.15, -0.1) is 0 Å². The van der Waals surface area contributed by atoms with Crippen LogP contribution < -0.4 is 10.2 Å². The molecule has 27 heavy (non-hydrogen) atoms. The van der Waals surface area contributed by atoms with Crippen molar-refractivity contribution in [3.8, 4) is 11.3 Å². The highest BCUT2D eigenvalue weighted by molar-refractivity contribution is 6.30. The second kappa shape index (κ2) is 8.54. The maximum atomic E-state index is 12.4. The van der Waals surface area contributed by atoms with Gasteiger partial charge in [-0.2, -0.15) is 5.10 Å². The second-order valence-corrected chi connectivity index (χ2v) is 7.25. The Morgan fingerprint density at radius 2 is 1.96 bits per heavy atom. The van der Waals surface area contributed by atoms with Gasteiger partial charge in [-0.1, -0.05) is 23.7 Å². The minimum Gasteiger partial charge on any atom is -0.469 e. The quantitative estimate of drug-likeness (QED) is 0.749. The number of esters is 1. The van der Waals surface area contributed by atoms with Gasteiger partial charge in [0.2, 0.25) is 0 Å². The van der Waals surface area contributed by atoms with Crippen molar-refractivity contribution in [2.45, 2.75) is 12.8 Å². The molecule has 144 valence electrons. The summed E-state index contributed by atoms with van der Waals surface area (Å²) in [6.07, 6.45) is 1.50. The van der Waals surface area contributed by atoms with Gasteiger partial charge < -0.3 is 15.0 Å². The SMILES string of the molecule is COC(=O)C1CC[NH+](CC(=O)Nc2cc(-c3ccc(Cl)cc3)nn2C)CC1. The van der Waals surface area contributed by atoms with Crippen LogP contribution in [0.1, 0.15) is 12.8 Å². The van der Waals surface area contributed by atoms with E-state index in [4.69, 9.17) is 16.3 Å². The average Bonchev–Trinajstić information content (AvgIpc) is 3.02. The summed E-state index contributed by atoms with van der Waals surface area (Å²) in [5, 5.41) is 8.05. The van der Waals surface area contributed by atoms with Gasteiger partial charge in [-0.3, -0.25) is 14.3 Å². The Balaban J connectivity index is 1.56. The van der Waals surface area contributed by atoms with Gasteiger partial charge >= 0.3 is 5.97 Å². The molecule has 8 heteroatoms. The van der Waals surface area contributed by atoms with E-state index in [1.165, 1.54) is 12.0 Å². The molecule has 0 aliphatic carbocycles. The van der Waals surface area contributed by atoms with Crippen LogP contribution in [0.15, 0.2) is 30.3 Å². The third-order valence-electron chi connectivity index (χ3n) is 4.93. The number of methoxy groups -OCH3 is 1. The maximum absolute atomic E-state index is 12.4. The van der Waals surface area contributed by atoms with E-state index in [-0.39, 0.29) is 17.8 Å². The van der Waals surface area contributed by atoms with Crippen molar-refractivity contribution in [1.82, 2.24) is 9.78 Å². The maximum Gasteiger partial charge on any atom is 0.309 e. The first-order valence-corrected chi connectivity index (χ1v) is 9.35. The van der Waals surface area contributed by atoms with Crippen molar-refractivity contribution < 1.29 is 19.2 Å². The number of carbonyl (C=O) groups excluding carboxylic acids is 2. The van der Waals surface area contributed by atoms with Crippen LogP contribution in [-0.2, 0) is 21.4 Å². The number of rotatable bonds is 5. The van der Waals surface area contributed by atoms with E-state index >= 15 is 0 Å². The number of nitrogens with one attached hydrogen (secondary N) is 2. The molecule has 1 amide bonds. The fourth-order valence-electron chi connectivity index (χ4n) is 3.37. The lowest BCUT2D eigenvalue weighted by Crippen LogP contribution is -3.14. The highest BCUT2D eigenvalue weighted by Gasteiger charge is 2.29. The van der Waals surface area contributed by atoms with Gasteiger partial charge in [-0.25, -0.2) is 0 Å². The van der Waals surface area contributed by atoms with E-state index in [0.29, 0.717) is 17.4 Å². The van der Waals surface area contributed by atoms with Gasteiger partial charge in [0.05, 0.1) is 31.8 Å². The monoisotopic (exact) mass is 391 g/mol. The minimum absolute atomic E-state index is 0.0409. The van der Waals surface area contributed by atoms with Crippen molar-refractivity contribution >= 4 is 29.3 Å². The largest absolute Gasteiger partial charge is 0.469 e. The van der Waals surface area contributed by atoms with Crippen LogP contribution in [-0.4, -0.2) is 48.4 Å². The summed E-state index contributed by atoms with van der Waals surface area (Å²) in [4.78, 5) is 25.2. The Kier molecular flexibility index (Phi) is 6.13. The third-order valence-corrected chi connectivity index (χ3v) is 5.18. The molecule has 0 bridgehead atoms. The zero-order valence-corrected chi connectivity index (χ0v) is 16.3. The van der Waals surface area contributed by atoms with E-state index in [9.17, 15) is 9.59 Å². The van der Waals surface area contributed by atoms with Crippen LogP contribution in [0.3, 0.4) is 0 Å². The number of amides is 1. The Bertz CT molecular complexity index is 811. The fourth-order valence-corrected chi connectivity index (χ4v) is 3.49. The second-order valence-electron chi connectivity index (χ2n) is 6.82. The van der Waals surface area contributed by atoms with Gasteiger partial charge in [-0.05, 0) is 12.1 Å². The molecule has 0 unspecified atom stereocenters. The van der Waals surface area contributed by atoms with Crippen LogP contribution in [0, 0.1) is 5.92 Å². The Morgan fingerprint density at radius 1 is 1.30 bits per heavy atom. The number of piperidine rings is 1. The Morgan fingerprint density at radius 3 is 2.59 bits per heavy atom. The fraction of sp³-hybridized carbons (Fsp3) is 0.421. The van der Waals surface area contributed by atoms with Gasteiger partial charge in [0.25, 0.3) is 5.91 Å². The predicted octanol–water partition coefficient (Wildman–Crippen LogP) is 1.15. The summed E-state index contributed by atoms with van der Waals surface area (Å²) in [5.74, 6) is 0.393. The lowest BCUT2D eigenvalue weighted by atomic mass is 9.97. The van der Waals surface area contributed by atoms with Crippen LogP contribution >= 0.6 is 11.6 Å². The number of hydrogen-bond donors (Lipinski definition) is 2. The van der Waals surface area contributed by atoms with E-state index in [2.05, 4.69) is 10.4 Å². The Hall–Kier alpha value is -2.38. The number of ether oxygens (including phenoxy) is 1. The van der Waals surface area contributed by atoms with Crippen molar-refractivity contribution in [2.75, 3.05) is 32.1 Å². The van der Waals surface area contributed by atoms with E-state index in [1.54, 1.807) is 11.7 Å². The van der Waals surface area contributed by atoms with Crippen molar-refractivity contribution in [3.63, 3.8) is 0 Å². The highest BCUT2D eigenvalue weighted by atomic mass is 35.5. The Labute approximate surface area is 163 Å². The molecular formula is C19H24ClN4O3+. The molecule has 2 N–H and O–H groups in total. The summed E-state index contributed by atoms with van der Waals surface area (Å²) in [7, 11) is 3.21. The first-order chi connectivity index (χ1) is 13.0. The predicted molar refractivity (Wildman–Crippen MR) is 103 cm³/mol. The molecule has 2 aromatic rings. The number of nitrogens with zero attached hydrogens (tertiary/aromatic N) is 2. The number of benzene rings is 1. The number of carbonyl (C=O) groups is 2. The average molecular weight is 392 g/mol. The molecule has 2 heterocycles. The summed E-state index contributed by atoms with van der Waals surface area (Å²) >= 11 is 5.92.